The van der Waals surface area contributed by atoms with Crippen molar-refractivity contribution >= 4 is 49.0 Å². The van der Waals surface area contributed by atoms with Gasteiger partial charge in [-0.3, -0.25) is 0 Å². The minimum Gasteiger partial charge on any atom is -0.314 e. The van der Waals surface area contributed by atoms with Gasteiger partial charge in [-0.25, -0.2) is 0 Å². The first-order valence-electron chi connectivity index (χ1n) is 13.7. The van der Waals surface area contributed by atoms with Gasteiger partial charge < -0.3 is 4.90 Å². The standard InChI is InChI=1S/C36H33NS/c1-3-11-29-24-31(21-16-26(29)4-2)37(30-19-17-28(18-20-30)27-12-7-5-6-8-13-27)32-22-23-36-34(25-32)33-14-9-10-15-35(33)38-36/h3,5-7,9-17,19,21-25H,4,8,18,20H2,1-2H3/b11-3-. The van der Waals surface area contributed by atoms with E-state index in [-0.39, 0.29) is 0 Å². The second kappa shape index (κ2) is 10.8. The molecule has 2 aliphatic carbocycles. The van der Waals surface area contributed by atoms with Crippen molar-refractivity contribution < 1.29 is 0 Å². The van der Waals surface area contributed by atoms with Gasteiger partial charge in [-0.2, -0.15) is 0 Å². The number of hydrogen-bond donors (Lipinski definition) is 0. The number of thiophene rings is 1. The highest BCUT2D eigenvalue weighted by molar-refractivity contribution is 7.25. The van der Waals surface area contributed by atoms with Gasteiger partial charge in [0.1, 0.15) is 0 Å². The fraction of sp³-hybridized carbons (Fsp3) is 0.167. The molecule has 0 N–H and O–H groups in total. The minimum atomic E-state index is 0.995. The van der Waals surface area contributed by atoms with E-state index in [9.17, 15) is 0 Å². The Bertz CT molecular complexity index is 1690. The zero-order valence-electron chi connectivity index (χ0n) is 22.2. The molecule has 2 aliphatic rings. The van der Waals surface area contributed by atoms with Crippen LogP contribution in [0.2, 0.25) is 0 Å². The van der Waals surface area contributed by atoms with Crippen LogP contribution >= 0.6 is 11.3 Å². The van der Waals surface area contributed by atoms with Crippen molar-refractivity contribution in [2.75, 3.05) is 4.90 Å². The van der Waals surface area contributed by atoms with Crippen LogP contribution in [0.15, 0.2) is 126 Å². The van der Waals surface area contributed by atoms with Gasteiger partial charge >= 0.3 is 0 Å². The van der Waals surface area contributed by atoms with Crippen molar-refractivity contribution in [1.29, 1.82) is 0 Å². The molecule has 188 valence electrons. The van der Waals surface area contributed by atoms with Gasteiger partial charge in [0.05, 0.1) is 0 Å². The fourth-order valence-electron chi connectivity index (χ4n) is 5.58. The summed E-state index contributed by atoms with van der Waals surface area (Å²) < 4.78 is 2.68. The smallest absolute Gasteiger partial charge is 0.0465 e. The summed E-state index contributed by atoms with van der Waals surface area (Å²) in [6.07, 6.45) is 24.2. The molecule has 2 heteroatoms. The first-order valence-corrected chi connectivity index (χ1v) is 14.5. The van der Waals surface area contributed by atoms with Crippen molar-refractivity contribution in [3.05, 3.63) is 137 Å². The maximum Gasteiger partial charge on any atom is 0.0465 e. The largest absolute Gasteiger partial charge is 0.314 e. The predicted molar refractivity (Wildman–Crippen MR) is 168 cm³/mol. The molecular weight excluding hydrogens is 478 g/mol. The van der Waals surface area contributed by atoms with Crippen LogP contribution in [0.3, 0.4) is 0 Å². The van der Waals surface area contributed by atoms with E-state index in [0.717, 1.165) is 25.7 Å². The van der Waals surface area contributed by atoms with Gasteiger partial charge in [0.15, 0.2) is 0 Å². The van der Waals surface area contributed by atoms with Crippen LogP contribution < -0.4 is 4.90 Å². The second-order valence-electron chi connectivity index (χ2n) is 9.88. The average molecular weight is 512 g/mol. The van der Waals surface area contributed by atoms with Crippen LogP contribution in [0, 0.1) is 0 Å². The van der Waals surface area contributed by atoms with E-state index < -0.39 is 0 Å². The first kappa shape index (κ1) is 24.5. The van der Waals surface area contributed by atoms with Crippen LogP contribution in [0.1, 0.15) is 44.2 Å². The molecule has 0 spiro atoms. The number of hydrogen-bond acceptors (Lipinski definition) is 2. The molecule has 0 bridgehead atoms. The zero-order chi connectivity index (χ0) is 25.9. The third-order valence-corrected chi connectivity index (χ3v) is 8.67. The maximum atomic E-state index is 2.48. The van der Waals surface area contributed by atoms with Gasteiger partial charge in [-0.1, -0.05) is 79.8 Å². The average Bonchev–Trinajstić information content (AvgIpc) is 3.11. The van der Waals surface area contributed by atoms with Gasteiger partial charge in [-0.05, 0) is 97.4 Å². The Kier molecular flexibility index (Phi) is 6.98. The Balaban J connectivity index is 1.48. The van der Waals surface area contributed by atoms with E-state index in [1.807, 2.05) is 11.3 Å². The van der Waals surface area contributed by atoms with Crippen LogP contribution in [0.5, 0.6) is 0 Å². The molecule has 38 heavy (non-hydrogen) atoms. The quantitative estimate of drug-likeness (QED) is 0.249. The molecule has 0 unspecified atom stereocenters. The number of nitrogens with zero attached hydrogens (tertiary/aromatic N) is 1. The summed E-state index contributed by atoms with van der Waals surface area (Å²) >= 11 is 1.88. The summed E-state index contributed by atoms with van der Waals surface area (Å²) in [5, 5.41) is 2.67. The van der Waals surface area contributed by atoms with E-state index in [0.29, 0.717) is 0 Å². The molecular formula is C36H33NS. The normalized spacial score (nSPS) is 15.6. The van der Waals surface area contributed by atoms with E-state index in [2.05, 4.69) is 134 Å². The van der Waals surface area contributed by atoms with Gasteiger partial charge in [0.2, 0.25) is 0 Å². The van der Waals surface area contributed by atoms with Crippen LogP contribution in [-0.4, -0.2) is 0 Å². The predicted octanol–water partition coefficient (Wildman–Crippen LogP) is 10.8. The van der Waals surface area contributed by atoms with Crippen LogP contribution in [-0.2, 0) is 6.42 Å². The lowest BCUT2D eigenvalue weighted by molar-refractivity contribution is 0.884. The number of benzene rings is 3. The van der Waals surface area contributed by atoms with Crippen LogP contribution in [0.4, 0.5) is 11.4 Å². The van der Waals surface area contributed by atoms with Gasteiger partial charge in [0, 0.05) is 37.2 Å². The highest BCUT2D eigenvalue weighted by Gasteiger charge is 2.20. The van der Waals surface area contributed by atoms with Crippen molar-refractivity contribution in [2.24, 2.45) is 0 Å². The molecule has 1 nitrogen and oxygen atoms in total. The van der Waals surface area contributed by atoms with Crippen molar-refractivity contribution in [1.82, 2.24) is 0 Å². The van der Waals surface area contributed by atoms with Crippen LogP contribution in [0.25, 0.3) is 26.2 Å². The van der Waals surface area contributed by atoms with E-state index in [1.54, 1.807) is 0 Å². The highest BCUT2D eigenvalue weighted by Crippen LogP contribution is 2.41. The molecule has 3 aromatic carbocycles. The van der Waals surface area contributed by atoms with E-state index >= 15 is 0 Å². The number of rotatable bonds is 6. The lowest BCUT2D eigenvalue weighted by Crippen LogP contribution is -2.18. The molecule has 0 amide bonds. The minimum absolute atomic E-state index is 0.995. The summed E-state index contributed by atoms with van der Waals surface area (Å²) in [7, 11) is 0. The SMILES string of the molecule is C/C=C\c1cc(N(C2=CC=C(C3=CCC=CC=C3)CC2)c2ccc3sc4ccccc4c3c2)ccc1CC. The highest BCUT2D eigenvalue weighted by atomic mass is 32.1. The van der Waals surface area contributed by atoms with E-state index in [1.165, 1.54) is 59.5 Å². The van der Waals surface area contributed by atoms with Crippen molar-refractivity contribution in [3.63, 3.8) is 0 Å². The molecule has 4 aromatic rings. The summed E-state index contributed by atoms with van der Waals surface area (Å²) in [6.45, 7) is 4.33. The molecule has 0 radical (unpaired) electrons. The number of allylic oxidation sites excluding steroid dienone is 11. The summed E-state index contributed by atoms with van der Waals surface area (Å²) in [5.41, 5.74) is 9.22. The first-order chi connectivity index (χ1) is 18.7. The Morgan fingerprint density at radius 2 is 1.71 bits per heavy atom. The van der Waals surface area contributed by atoms with Crippen molar-refractivity contribution in [3.8, 4) is 0 Å². The molecule has 0 fully saturated rings. The van der Waals surface area contributed by atoms with Gasteiger partial charge in [-0.15, -0.1) is 11.3 Å². The van der Waals surface area contributed by atoms with Crippen molar-refractivity contribution in [2.45, 2.75) is 39.5 Å². The monoisotopic (exact) mass is 511 g/mol. The molecule has 1 aromatic heterocycles. The zero-order valence-corrected chi connectivity index (χ0v) is 23.0. The number of aryl methyl sites for hydroxylation is 1. The van der Waals surface area contributed by atoms with Gasteiger partial charge in [0.25, 0.3) is 0 Å². The summed E-state index contributed by atoms with van der Waals surface area (Å²) in [6, 6.07) is 22.7. The molecule has 0 saturated heterocycles. The lowest BCUT2D eigenvalue weighted by Gasteiger charge is -2.30. The molecule has 0 atom stereocenters. The van der Waals surface area contributed by atoms with E-state index in [4.69, 9.17) is 0 Å². The number of anilines is 2. The summed E-state index contributed by atoms with van der Waals surface area (Å²) in [4.78, 5) is 2.48. The fourth-order valence-corrected chi connectivity index (χ4v) is 6.67. The second-order valence-corrected chi connectivity index (χ2v) is 11.0. The Labute approximate surface area is 230 Å². The molecule has 6 rings (SSSR count). The lowest BCUT2D eigenvalue weighted by atomic mass is 9.93. The maximum absolute atomic E-state index is 2.48. The third-order valence-electron chi connectivity index (χ3n) is 7.52. The molecule has 0 aliphatic heterocycles. The molecule has 1 heterocycles. The number of fused-ring (bicyclic) bond motifs is 3. The Hall–Kier alpha value is -3.88. The third kappa shape index (κ3) is 4.73. The topological polar surface area (TPSA) is 3.24 Å². The summed E-state index contributed by atoms with van der Waals surface area (Å²) in [5.74, 6) is 0. The molecule has 0 saturated carbocycles. The Morgan fingerprint density at radius 1 is 0.868 bits per heavy atom. The Morgan fingerprint density at radius 3 is 2.55 bits per heavy atom.